The quantitative estimate of drug-likeness (QED) is 0.892. The molecule has 4 heteroatoms. The lowest BCUT2D eigenvalue weighted by Crippen LogP contribution is -2.04. The van der Waals surface area contributed by atoms with Crippen molar-refractivity contribution in [2.75, 3.05) is 0 Å². The number of aromatic nitrogens is 1. The molecule has 0 unspecified atom stereocenters. The first-order chi connectivity index (χ1) is 9.15. The van der Waals surface area contributed by atoms with Gasteiger partial charge in [-0.2, -0.15) is 0 Å². The minimum atomic E-state index is -0.922. The highest BCUT2D eigenvalue weighted by molar-refractivity contribution is 6.31. The zero-order valence-electron chi connectivity index (χ0n) is 10.4. The van der Waals surface area contributed by atoms with Crippen molar-refractivity contribution in [3.05, 3.63) is 40.5 Å². The predicted molar refractivity (Wildman–Crippen MR) is 74.9 cm³/mol. The number of pyridine rings is 1. The van der Waals surface area contributed by atoms with E-state index in [-0.39, 0.29) is 0 Å². The fourth-order valence-electron chi connectivity index (χ4n) is 2.83. The zero-order chi connectivity index (χ0) is 13.4. The average Bonchev–Trinajstić information content (AvgIpc) is 2.91. The Morgan fingerprint density at radius 2 is 2.00 bits per heavy atom. The minimum Gasteiger partial charge on any atom is -0.478 e. The molecule has 1 aliphatic rings. The van der Waals surface area contributed by atoms with Gasteiger partial charge in [0.1, 0.15) is 0 Å². The number of rotatable bonds is 2. The van der Waals surface area contributed by atoms with Crippen LogP contribution in [0, 0.1) is 0 Å². The third kappa shape index (κ3) is 2.30. The Hall–Kier alpha value is -1.61. The number of hydrogen-bond donors (Lipinski definition) is 1. The Balaban J connectivity index is 2.21. The van der Waals surface area contributed by atoms with Gasteiger partial charge in [0.2, 0.25) is 0 Å². The summed E-state index contributed by atoms with van der Waals surface area (Å²) in [4.78, 5) is 16.0. The highest BCUT2D eigenvalue weighted by Crippen LogP contribution is 2.35. The maximum absolute atomic E-state index is 11.4. The van der Waals surface area contributed by atoms with Crippen LogP contribution in [0.1, 0.15) is 47.7 Å². The number of nitrogens with zero attached hydrogens (tertiary/aromatic N) is 1. The van der Waals surface area contributed by atoms with E-state index in [4.69, 9.17) is 11.6 Å². The Labute approximate surface area is 116 Å². The van der Waals surface area contributed by atoms with E-state index in [1.165, 1.54) is 12.8 Å². The second-order valence-electron chi connectivity index (χ2n) is 5.04. The monoisotopic (exact) mass is 275 g/mol. The van der Waals surface area contributed by atoms with Crippen molar-refractivity contribution >= 4 is 28.5 Å². The Morgan fingerprint density at radius 3 is 2.68 bits per heavy atom. The number of aromatic carboxylic acids is 1. The number of fused-ring (bicyclic) bond motifs is 1. The van der Waals surface area contributed by atoms with Crippen LogP contribution in [0.2, 0.25) is 5.02 Å². The average molecular weight is 276 g/mol. The zero-order valence-corrected chi connectivity index (χ0v) is 11.2. The minimum absolute atomic E-state index is 0.300. The van der Waals surface area contributed by atoms with E-state index in [2.05, 4.69) is 4.98 Å². The highest BCUT2D eigenvalue weighted by atomic mass is 35.5. The largest absolute Gasteiger partial charge is 0.478 e. The van der Waals surface area contributed by atoms with Crippen LogP contribution in [0.15, 0.2) is 24.3 Å². The first-order valence-corrected chi connectivity index (χ1v) is 6.86. The summed E-state index contributed by atoms with van der Waals surface area (Å²) < 4.78 is 0. The molecule has 0 aliphatic heterocycles. The van der Waals surface area contributed by atoms with Gasteiger partial charge >= 0.3 is 5.97 Å². The molecule has 1 aliphatic carbocycles. The fraction of sp³-hybridized carbons (Fsp3) is 0.333. The van der Waals surface area contributed by atoms with Crippen LogP contribution in [-0.2, 0) is 0 Å². The van der Waals surface area contributed by atoms with E-state index >= 15 is 0 Å². The second kappa shape index (κ2) is 4.82. The van der Waals surface area contributed by atoms with Crippen LogP contribution >= 0.6 is 11.6 Å². The van der Waals surface area contributed by atoms with Crippen LogP contribution in [0.4, 0.5) is 0 Å². The van der Waals surface area contributed by atoms with Crippen molar-refractivity contribution in [3.63, 3.8) is 0 Å². The van der Waals surface area contributed by atoms with Crippen molar-refractivity contribution in [2.45, 2.75) is 31.6 Å². The topological polar surface area (TPSA) is 50.2 Å². The van der Waals surface area contributed by atoms with Gasteiger partial charge in [0.15, 0.2) is 0 Å². The maximum Gasteiger partial charge on any atom is 0.336 e. The van der Waals surface area contributed by atoms with E-state index in [1.54, 1.807) is 24.3 Å². The molecule has 0 bridgehead atoms. The Bertz CT molecular complexity index is 648. The molecule has 1 N–H and O–H groups in total. The smallest absolute Gasteiger partial charge is 0.336 e. The van der Waals surface area contributed by atoms with Gasteiger partial charge < -0.3 is 5.11 Å². The van der Waals surface area contributed by atoms with Crippen LogP contribution in [0.25, 0.3) is 10.9 Å². The van der Waals surface area contributed by atoms with Crippen LogP contribution in [0.3, 0.4) is 0 Å². The molecule has 3 rings (SSSR count). The van der Waals surface area contributed by atoms with Crippen LogP contribution in [-0.4, -0.2) is 16.1 Å². The maximum atomic E-state index is 11.4. The van der Waals surface area contributed by atoms with Gasteiger partial charge in [-0.3, -0.25) is 4.98 Å². The molecule has 0 amide bonds. The van der Waals surface area contributed by atoms with E-state index in [0.717, 1.165) is 18.5 Å². The number of hydrogen-bond acceptors (Lipinski definition) is 2. The number of carbonyl (C=O) groups is 1. The molecule has 2 aromatic rings. The molecular formula is C15H14ClNO2. The lowest BCUT2D eigenvalue weighted by atomic mass is 9.99. The first kappa shape index (κ1) is 12.4. The number of benzene rings is 1. The molecule has 0 radical (unpaired) electrons. The van der Waals surface area contributed by atoms with E-state index < -0.39 is 5.97 Å². The summed E-state index contributed by atoms with van der Waals surface area (Å²) in [5.74, 6) is -0.521. The third-order valence-corrected chi connectivity index (χ3v) is 4.03. The second-order valence-corrected chi connectivity index (χ2v) is 5.48. The van der Waals surface area contributed by atoms with Crippen molar-refractivity contribution in [3.8, 4) is 0 Å². The molecule has 3 nitrogen and oxygen atoms in total. The summed E-state index contributed by atoms with van der Waals surface area (Å²) in [6, 6.07) is 6.94. The molecule has 0 atom stereocenters. The third-order valence-electron chi connectivity index (χ3n) is 3.79. The summed E-state index contributed by atoms with van der Waals surface area (Å²) in [5.41, 5.74) is 1.92. The predicted octanol–water partition coefficient (Wildman–Crippen LogP) is 4.24. The fourth-order valence-corrected chi connectivity index (χ4v) is 3.00. The van der Waals surface area contributed by atoms with Crippen molar-refractivity contribution in [2.24, 2.45) is 0 Å². The molecule has 0 saturated heterocycles. The van der Waals surface area contributed by atoms with Gasteiger partial charge in [0, 0.05) is 22.0 Å². The van der Waals surface area contributed by atoms with E-state index in [0.29, 0.717) is 27.4 Å². The lowest BCUT2D eigenvalue weighted by Gasteiger charge is -2.12. The molecule has 1 saturated carbocycles. The summed E-state index contributed by atoms with van der Waals surface area (Å²) in [7, 11) is 0. The normalized spacial score (nSPS) is 16.1. The molecule has 0 spiro atoms. The van der Waals surface area contributed by atoms with Gasteiger partial charge in [-0.05, 0) is 37.1 Å². The molecule has 1 aromatic heterocycles. The Morgan fingerprint density at radius 1 is 1.26 bits per heavy atom. The highest BCUT2D eigenvalue weighted by Gasteiger charge is 2.21. The van der Waals surface area contributed by atoms with Crippen molar-refractivity contribution < 1.29 is 9.90 Å². The molecule has 1 aromatic carbocycles. The molecule has 1 fully saturated rings. The lowest BCUT2D eigenvalue weighted by molar-refractivity contribution is 0.0699. The molecular weight excluding hydrogens is 262 g/mol. The standard InChI is InChI=1S/C15H14ClNO2/c16-10-5-6-13-11(7-10)12(15(18)19)8-14(17-13)9-3-1-2-4-9/h5-9H,1-4H2,(H,18,19). The van der Waals surface area contributed by atoms with Crippen molar-refractivity contribution in [1.29, 1.82) is 0 Å². The van der Waals surface area contributed by atoms with Gasteiger partial charge in [-0.1, -0.05) is 24.4 Å². The van der Waals surface area contributed by atoms with Gasteiger partial charge in [-0.25, -0.2) is 4.79 Å². The molecule has 98 valence electrons. The van der Waals surface area contributed by atoms with Gasteiger partial charge in [0.25, 0.3) is 0 Å². The van der Waals surface area contributed by atoms with E-state index in [9.17, 15) is 9.90 Å². The van der Waals surface area contributed by atoms with Gasteiger partial charge in [-0.15, -0.1) is 0 Å². The summed E-state index contributed by atoms with van der Waals surface area (Å²) >= 11 is 5.94. The SMILES string of the molecule is O=C(O)c1cc(C2CCCC2)nc2ccc(Cl)cc12. The number of carboxylic acids is 1. The first-order valence-electron chi connectivity index (χ1n) is 6.48. The Kier molecular flexibility index (Phi) is 3.15. The summed E-state index contributed by atoms with van der Waals surface area (Å²) in [6.07, 6.45) is 4.61. The van der Waals surface area contributed by atoms with Gasteiger partial charge in [0.05, 0.1) is 11.1 Å². The van der Waals surface area contributed by atoms with E-state index in [1.807, 2.05) is 0 Å². The molecule has 1 heterocycles. The number of halogens is 1. The van der Waals surface area contributed by atoms with Crippen LogP contribution < -0.4 is 0 Å². The molecule has 19 heavy (non-hydrogen) atoms. The summed E-state index contributed by atoms with van der Waals surface area (Å²) in [6.45, 7) is 0. The van der Waals surface area contributed by atoms with Crippen molar-refractivity contribution in [1.82, 2.24) is 4.98 Å². The summed E-state index contributed by atoms with van der Waals surface area (Å²) in [5, 5.41) is 10.5. The van der Waals surface area contributed by atoms with Crippen LogP contribution in [0.5, 0.6) is 0 Å². The number of carboxylic acid groups (broad SMARTS) is 1.